The summed E-state index contributed by atoms with van der Waals surface area (Å²) in [7, 11) is 0. The summed E-state index contributed by atoms with van der Waals surface area (Å²) < 4.78 is 0. The number of benzene rings is 1. The third kappa shape index (κ3) is 3.14. The van der Waals surface area contributed by atoms with Crippen molar-refractivity contribution in [2.24, 2.45) is 0 Å². The van der Waals surface area contributed by atoms with Crippen LogP contribution in [0.2, 0.25) is 0 Å². The van der Waals surface area contributed by atoms with E-state index in [1.807, 2.05) is 6.92 Å². The first-order valence-electron chi connectivity index (χ1n) is 5.87. The molecular formula is C14H17NOS. The second-order valence-corrected chi connectivity index (χ2v) is 5.44. The van der Waals surface area contributed by atoms with E-state index >= 15 is 0 Å². The molecule has 2 aromatic rings. The fourth-order valence-electron chi connectivity index (χ4n) is 1.77. The van der Waals surface area contributed by atoms with E-state index in [0.29, 0.717) is 6.42 Å². The highest BCUT2D eigenvalue weighted by Crippen LogP contribution is 2.23. The highest BCUT2D eigenvalue weighted by molar-refractivity contribution is 7.11. The maximum absolute atomic E-state index is 10.1. The molecule has 1 atom stereocenters. The predicted molar refractivity (Wildman–Crippen MR) is 71.3 cm³/mol. The molecule has 3 heteroatoms. The molecule has 17 heavy (non-hydrogen) atoms. The smallest absolute Gasteiger partial charge is 0.0938 e. The molecule has 0 saturated heterocycles. The number of hydrogen-bond acceptors (Lipinski definition) is 3. The van der Waals surface area contributed by atoms with Crippen LogP contribution in [0.1, 0.15) is 34.0 Å². The molecule has 2 rings (SSSR count). The first-order chi connectivity index (χ1) is 8.19. The summed E-state index contributed by atoms with van der Waals surface area (Å²) in [4.78, 5) is 5.11. The van der Waals surface area contributed by atoms with Crippen LogP contribution in [0.15, 0.2) is 30.5 Å². The number of nitrogens with zero attached hydrogens (tertiary/aromatic N) is 1. The van der Waals surface area contributed by atoms with Gasteiger partial charge in [-0.15, -0.1) is 11.3 Å². The lowest BCUT2D eigenvalue weighted by molar-refractivity contribution is 0.182. The third-order valence-corrected chi connectivity index (χ3v) is 3.84. The van der Waals surface area contributed by atoms with Gasteiger partial charge < -0.3 is 5.11 Å². The molecular weight excluding hydrogens is 230 g/mol. The largest absolute Gasteiger partial charge is 0.387 e. The van der Waals surface area contributed by atoms with E-state index in [1.54, 1.807) is 17.5 Å². The summed E-state index contributed by atoms with van der Waals surface area (Å²) in [6, 6.07) is 8.44. The number of aryl methyl sites for hydroxylation is 2. The van der Waals surface area contributed by atoms with E-state index < -0.39 is 6.10 Å². The monoisotopic (exact) mass is 247 g/mol. The van der Waals surface area contributed by atoms with Gasteiger partial charge in [-0.25, -0.2) is 4.98 Å². The molecule has 0 spiro atoms. The van der Waals surface area contributed by atoms with E-state index in [9.17, 15) is 5.11 Å². The van der Waals surface area contributed by atoms with Crippen LogP contribution in [0.3, 0.4) is 0 Å². The molecule has 0 fully saturated rings. The first-order valence-corrected chi connectivity index (χ1v) is 6.69. The van der Waals surface area contributed by atoms with E-state index in [-0.39, 0.29) is 0 Å². The first kappa shape index (κ1) is 12.3. The molecule has 90 valence electrons. The van der Waals surface area contributed by atoms with Crippen molar-refractivity contribution in [2.45, 2.75) is 32.8 Å². The SMILES string of the molecule is CCc1ccc(CC(O)c2cnc(C)s2)cc1. The summed E-state index contributed by atoms with van der Waals surface area (Å²) in [5.41, 5.74) is 2.50. The molecule has 0 radical (unpaired) electrons. The van der Waals surface area contributed by atoms with Crippen molar-refractivity contribution in [3.63, 3.8) is 0 Å². The van der Waals surface area contributed by atoms with E-state index in [2.05, 4.69) is 36.2 Å². The quantitative estimate of drug-likeness (QED) is 0.899. The lowest BCUT2D eigenvalue weighted by Gasteiger charge is -2.08. The maximum Gasteiger partial charge on any atom is 0.0938 e. The minimum absolute atomic E-state index is 0.436. The highest BCUT2D eigenvalue weighted by Gasteiger charge is 2.11. The number of hydrogen-bond donors (Lipinski definition) is 1. The van der Waals surface area contributed by atoms with Crippen molar-refractivity contribution in [3.8, 4) is 0 Å². The standard InChI is InChI=1S/C14H17NOS/c1-3-11-4-6-12(7-5-11)8-13(16)14-9-15-10(2)17-14/h4-7,9,13,16H,3,8H2,1-2H3. The Kier molecular flexibility index (Phi) is 3.92. The van der Waals surface area contributed by atoms with Crippen molar-refractivity contribution >= 4 is 11.3 Å². The van der Waals surface area contributed by atoms with Gasteiger partial charge in [-0.2, -0.15) is 0 Å². The molecule has 2 nitrogen and oxygen atoms in total. The Morgan fingerprint density at radius 3 is 2.41 bits per heavy atom. The van der Waals surface area contributed by atoms with Gasteiger partial charge in [0.25, 0.3) is 0 Å². The number of aromatic nitrogens is 1. The van der Waals surface area contributed by atoms with E-state index in [0.717, 1.165) is 16.3 Å². The van der Waals surface area contributed by atoms with Crippen LogP contribution in [0, 0.1) is 6.92 Å². The Bertz CT molecular complexity index is 475. The molecule has 1 aromatic heterocycles. The Labute approximate surface area is 106 Å². The Hall–Kier alpha value is -1.19. The topological polar surface area (TPSA) is 33.1 Å². The van der Waals surface area contributed by atoms with Crippen LogP contribution in [-0.4, -0.2) is 10.1 Å². The Morgan fingerprint density at radius 1 is 1.24 bits per heavy atom. The normalized spacial score (nSPS) is 12.6. The summed E-state index contributed by atoms with van der Waals surface area (Å²) in [6.45, 7) is 4.10. The second-order valence-electron chi connectivity index (χ2n) is 4.17. The molecule has 0 bridgehead atoms. The van der Waals surface area contributed by atoms with Gasteiger partial charge in [-0.3, -0.25) is 0 Å². The number of thiazole rings is 1. The molecule has 0 saturated carbocycles. The molecule has 0 amide bonds. The fourth-order valence-corrected chi connectivity index (χ4v) is 2.54. The number of aliphatic hydroxyl groups is 1. The predicted octanol–water partition coefficient (Wildman–Crippen LogP) is 3.29. The molecule has 0 aliphatic rings. The number of rotatable bonds is 4. The van der Waals surface area contributed by atoms with Crippen LogP contribution in [0.5, 0.6) is 0 Å². The molecule has 1 heterocycles. The molecule has 0 aliphatic heterocycles. The average Bonchev–Trinajstić information content (AvgIpc) is 2.77. The summed E-state index contributed by atoms with van der Waals surface area (Å²) >= 11 is 1.56. The average molecular weight is 247 g/mol. The zero-order valence-corrected chi connectivity index (χ0v) is 11.0. The van der Waals surface area contributed by atoms with Gasteiger partial charge >= 0.3 is 0 Å². The van der Waals surface area contributed by atoms with Crippen LogP contribution in [0.25, 0.3) is 0 Å². The van der Waals surface area contributed by atoms with Crippen LogP contribution in [0.4, 0.5) is 0 Å². The lowest BCUT2D eigenvalue weighted by Crippen LogP contribution is -1.99. The Balaban J connectivity index is 2.04. The van der Waals surface area contributed by atoms with Gasteiger partial charge in [0, 0.05) is 12.6 Å². The zero-order chi connectivity index (χ0) is 12.3. The van der Waals surface area contributed by atoms with Crippen molar-refractivity contribution in [2.75, 3.05) is 0 Å². The molecule has 1 N–H and O–H groups in total. The van der Waals surface area contributed by atoms with Crippen LogP contribution in [-0.2, 0) is 12.8 Å². The van der Waals surface area contributed by atoms with Crippen LogP contribution < -0.4 is 0 Å². The van der Waals surface area contributed by atoms with Crippen LogP contribution >= 0.6 is 11.3 Å². The van der Waals surface area contributed by atoms with E-state index in [4.69, 9.17) is 0 Å². The Morgan fingerprint density at radius 2 is 1.88 bits per heavy atom. The van der Waals surface area contributed by atoms with Gasteiger partial charge in [-0.05, 0) is 24.5 Å². The van der Waals surface area contributed by atoms with Crippen molar-refractivity contribution in [3.05, 3.63) is 51.5 Å². The minimum atomic E-state index is -0.436. The fraction of sp³-hybridized carbons (Fsp3) is 0.357. The molecule has 1 aromatic carbocycles. The number of aliphatic hydroxyl groups excluding tert-OH is 1. The van der Waals surface area contributed by atoms with Crippen molar-refractivity contribution in [1.29, 1.82) is 0 Å². The highest BCUT2D eigenvalue weighted by atomic mass is 32.1. The minimum Gasteiger partial charge on any atom is -0.387 e. The van der Waals surface area contributed by atoms with E-state index in [1.165, 1.54) is 11.1 Å². The van der Waals surface area contributed by atoms with Gasteiger partial charge in [-0.1, -0.05) is 31.2 Å². The van der Waals surface area contributed by atoms with Gasteiger partial charge in [0.05, 0.1) is 16.0 Å². The van der Waals surface area contributed by atoms with Crippen molar-refractivity contribution < 1.29 is 5.11 Å². The summed E-state index contributed by atoms with van der Waals surface area (Å²) in [5.74, 6) is 0. The molecule has 0 aliphatic carbocycles. The summed E-state index contributed by atoms with van der Waals surface area (Å²) in [5, 5.41) is 11.1. The third-order valence-electron chi connectivity index (χ3n) is 2.83. The van der Waals surface area contributed by atoms with Gasteiger partial charge in [0.2, 0.25) is 0 Å². The molecule has 1 unspecified atom stereocenters. The maximum atomic E-state index is 10.1. The van der Waals surface area contributed by atoms with Gasteiger partial charge in [0.1, 0.15) is 0 Å². The second kappa shape index (κ2) is 5.43. The lowest BCUT2D eigenvalue weighted by atomic mass is 10.0. The zero-order valence-electron chi connectivity index (χ0n) is 10.2. The van der Waals surface area contributed by atoms with Gasteiger partial charge in [0.15, 0.2) is 0 Å². The van der Waals surface area contributed by atoms with Crippen molar-refractivity contribution in [1.82, 2.24) is 4.98 Å². The summed E-state index contributed by atoms with van der Waals surface area (Å²) in [6.07, 6.45) is 3.04.